The molecule has 0 radical (unpaired) electrons. The lowest BCUT2D eigenvalue weighted by Crippen LogP contribution is -1.94. The van der Waals surface area contributed by atoms with Gasteiger partial charge in [-0.15, -0.1) is 11.3 Å². The molecule has 1 aromatic heterocycles. The van der Waals surface area contributed by atoms with Crippen LogP contribution in [0.3, 0.4) is 0 Å². The molecular weight excluding hydrogens is 224 g/mol. The Morgan fingerprint density at radius 2 is 2.45 bits per heavy atom. The molecule has 1 nitrogen and oxygen atoms in total. The van der Waals surface area contributed by atoms with E-state index in [9.17, 15) is 5.11 Å². The molecule has 1 aromatic rings. The van der Waals surface area contributed by atoms with Gasteiger partial charge in [-0.2, -0.15) is 0 Å². The zero-order chi connectivity index (χ0) is 8.43. The van der Waals surface area contributed by atoms with Crippen LogP contribution in [0.4, 0.5) is 0 Å². The van der Waals surface area contributed by atoms with E-state index in [0.717, 1.165) is 14.9 Å². The number of hydrogen-bond acceptors (Lipinski definition) is 2. The Morgan fingerprint density at radius 3 is 2.82 bits per heavy atom. The highest BCUT2D eigenvalue weighted by atomic mass is 79.9. The van der Waals surface area contributed by atoms with Crippen molar-refractivity contribution in [2.45, 2.75) is 13.0 Å². The van der Waals surface area contributed by atoms with E-state index in [4.69, 9.17) is 0 Å². The Kier molecular flexibility index (Phi) is 2.87. The molecule has 0 bridgehead atoms. The molecule has 0 aromatic carbocycles. The van der Waals surface area contributed by atoms with Gasteiger partial charge in [-0.1, -0.05) is 6.58 Å². The van der Waals surface area contributed by atoms with Crippen molar-refractivity contribution < 1.29 is 5.11 Å². The van der Waals surface area contributed by atoms with Gasteiger partial charge in [0.2, 0.25) is 0 Å². The molecule has 0 amide bonds. The third-order valence-electron chi connectivity index (χ3n) is 1.37. The second-order valence-electron chi connectivity index (χ2n) is 2.43. The van der Waals surface area contributed by atoms with Crippen LogP contribution in [0.5, 0.6) is 0 Å². The molecular formula is C8H9BrOS. The zero-order valence-electron chi connectivity index (χ0n) is 6.17. The van der Waals surface area contributed by atoms with E-state index >= 15 is 0 Å². The van der Waals surface area contributed by atoms with Crippen LogP contribution in [0.25, 0.3) is 0 Å². The molecule has 1 N–H and O–H groups in total. The Balaban J connectivity index is 2.84. The first-order valence-electron chi connectivity index (χ1n) is 3.18. The van der Waals surface area contributed by atoms with Crippen molar-refractivity contribution in [1.82, 2.24) is 0 Å². The fraction of sp³-hybridized carbons (Fsp3) is 0.250. The Labute approximate surface area is 78.5 Å². The van der Waals surface area contributed by atoms with Crippen molar-refractivity contribution in [2.75, 3.05) is 0 Å². The summed E-state index contributed by atoms with van der Waals surface area (Å²) >= 11 is 4.89. The maximum atomic E-state index is 9.50. The molecule has 0 fully saturated rings. The van der Waals surface area contributed by atoms with Gasteiger partial charge in [0.1, 0.15) is 6.10 Å². The Hall–Kier alpha value is -0.120. The van der Waals surface area contributed by atoms with Gasteiger partial charge in [-0.25, -0.2) is 0 Å². The summed E-state index contributed by atoms with van der Waals surface area (Å²) in [5, 5.41) is 11.4. The second-order valence-corrected chi connectivity index (χ2v) is 4.72. The lowest BCUT2D eigenvalue weighted by molar-refractivity contribution is 0.217. The van der Waals surface area contributed by atoms with Crippen LogP contribution in [0, 0.1) is 0 Å². The van der Waals surface area contributed by atoms with Gasteiger partial charge in [-0.3, -0.25) is 0 Å². The lowest BCUT2D eigenvalue weighted by atomic mass is 10.1. The molecule has 11 heavy (non-hydrogen) atoms. The molecule has 0 saturated carbocycles. The van der Waals surface area contributed by atoms with E-state index in [-0.39, 0.29) is 0 Å². The number of aliphatic hydroxyl groups excluding tert-OH is 1. The van der Waals surface area contributed by atoms with Crippen LogP contribution < -0.4 is 0 Å². The largest absolute Gasteiger partial charge is 0.384 e. The predicted molar refractivity (Wildman–Crippen MR) is 51.8 cm³/mol. The van der Waals surface area contributed by atoms with Gasteiger partial charge in [0.05, 0.1) is 3.79 Å². The molecule has 0 aliphatic carbocycles. The minimum absolute atomic E-state index is 0.516. The van der Waals surface area contributed by atoms with Gasteiger partial charge in [0.25, 0.3) is 0 Å². The molecule has 0 aliphatic rings. The van der Waals surface area contributed by atoms with Crippen molar-refractivity contribution in [3.05, 3.63) is 32.9 Å². The molecule has 1 rings (SSSR count). The first-order valence-corrected chi connectivity index (χ1v) is 4.86. The highest BCUT2D eigenvalue weighted by Crippen LogP contribution is 2.28. The van der Waals surface area contributed by atoms with Gasteiger partial charge < -0.3 is 5.11 Å². The maximum absolute atomic E-state index is 9.50. The van der Waals surface area contributed by atoms with Crippen molar-refractivity contribution >= 4 is 27.3 Å². The summed E-state index contributed by atoms with van der Waals surface area (Å²) in [6, 6.07) is 1.91. The van der Waals surface area contributed by atoms with Crippen molar-refractivity contribution in [1.29, 1.82) is 0 Å². The summed E-state index contributed by atoms with van der Waals surface area (Å²) in [4.78, 5) is 0. The maximum Gasteiger partial charge on any atom is 0.100 e. The highest BCUT2D eigenvalue weighted by molar-refractivity contribution is 9.11. The molecule has 1 heterocycles. The summed E-state index contributed by atoms with van der Waals surface area (Å²) in [6.45, 7) is 5.50. The smallest absolute Gasteiger partial charge is 0.100 e. The summed E-state index contributed by atoms with van der Waals surface area (Å²) in [5.74, 6) is 0. The number of thiophene rings is 1. The highest BCUT2D eigenvalue weighted by Gasteiger charge is 2.08. The van der Waals surface area contributed by atoms with E-state index in [0.29, 0.717) is 0 Å². The van der Waals surface area contributed by atoms with Gasteiger partial charge in [-0.05, 0) is 45.4 Å². The molecule has 0 aliphatic heterocycles. The predicted octanol–water partition coefficient (Wildman–Crippen LogP) is 3.12. The molecule has 3 heteroatoms. The average Bonchev–Trinajstić information content (AvgIpc) is 2.34. The molecule has 0 saturated heterocycles. The van der Waals surface area contributed by atoms with Crippen molar-refractivity contribution in [3.63, 3.8) is 0 Å². The van der Waals surface area contributed by atoms with Gasteiger partial charge in [0, 0.05) is 0 Å². The van der Waals surface area contributed by atoms with Crippen molar-refractivity contribution in [2.24, 2.45) is 0 Å². The van der Waals surface area contributed by atoms with E-state index in [1.54, 1.807) is 11.3 Å². The minimum atomic E-state index is -0.516. The molecule has 0 spiro atoms. The number of hydrogen-bond donors (Lipinski definition) is 1. The normalized spacial score (nSPS) is 13.0. The zero-order valence-corrected chi connectivity index (χ0v) is 8.58. The molecule has 1 atom stereocenters. The lowest BCUT2D eigenvalue weighted by Gasteiger charge is -2.06. The van der Waals surface area contributed by atoms with Crippen LogP contribution in [0.2, 0.25) is 0 Å². The summed E-state index contributed by atoms with van der Waals surface area (Å²) in [6.07, 6.45) is -0.516. The topological polar surface area (TPSA) is 20.2 Å². The monoisotopic (exact) mass is 232 g/mol. The quantitative estimate of drug-likeness (QED) is 0.778. The van der Waals surface area contributed by atoms with Crippen LogP contribution in [0.15, 0.2) is 27.4 Å². The number of rotatable bonds is 2. The molecule has 60 valence electrons. The van der Waals surface area contributed by atoms with Crippen LogP contribution in [-0.2, 0) is 0 Å². The second kappa shape index (κ2) is 3.52. The average molecular weight is 233 g/mol. The van der Waals surface area contributed by atoms with Gasteiger partial charge in [0.15, 0.2) is 0 Å². The van der Waals surface area contributed by atoms with Crippen LogP contribution >= 0.6 is 27.3 Å². The van der Waals surface area contributed by atoms with E-state index in [2.05, 4.69) is 22.5 Å². The number of aliphatic hydroxyl groups is 1. The first kappa shape index (κ1) is 8.97. The number of halogens is 1. The van der Waals surface area contributed by atoms with E-state index in [1.807, 2.05) is 18.4 Å². The van der Waals surface area contributed by atoms with Crippen LogP contribution in [0.1, 0.15) is 18.6 Å². The van der Waals surface area contributed by atoms with Gasteiger partial charge >= 0.3 is 0 Å². The third-order valence-corrected chi connectivity index (χ3v) is 2.89. The van der Waals surface area contributed by atoms with E-state index < -0.39 is 6.10 Å². The Morgan fingerprint density at radius 1 is 1.82 bits per heavy atom. The fourth-order valence-corrected chi connectivity index (χ4v) is 1.95. The van der Waals surface area contributed by atoms with Crippen LogP contribution in [-0.4, -0.2) is 5.11 Å². The summed E-state index contributed by atoms with van der Waals surface area (Å²) in [5.41, 5.74) is 1.68. The SMILES string of the molecule is C=C(C)C(O)c1csc(Br)c1. The summed E-state index contributed by atoms with van der Waals surface area (Å²) < 4.78 is 1.04. The Bertz CT molecular complexity index is 267. The van der Waals surface area contributed by atoms with Crippen molar-refractivity contribution in [3.8, 4) is 0 Å². The summed E-state index contributed by atoms with van der Waals surface area (Å²) in [7, 11) is 0. The minimum Gasteiger partial charge on any atom is -0.384 e. The van der Waals surface area contributed by atoms with E-state index in [1.165, 1.54) is 0 Å². The standard InChI is InChI=1S/C8H9BrOS/c1-5(2)8(10)6-3-7(9)11-4-6/h3-4,8,10H,1H2,2H3. The molecule has 1 unspecified atom stereocenters. The fourth-order valence-electron chi connectivity index (χ4n) is 0.751. The third kappa shape index (κ3) is 2.15. The first-order chi connectivity index (χ1) is 5.11.